The molecule has 3 atom stereocenters. The molecule has 0 spiro atoms. The summed E-state index contributed by atoms with van der Waals surface area (Å²) in [5.74, 6) is -5.64. The number of rotatable bonds is 7. The van der Waals surface area contributed by atoms with Crippen LogP contribution in [-0.2, 0) is 19.2 Å². The molecule has 0 aliphatic carbocycles. The van der Waals surface area contributed by atoms with Gasteiger partial charge in [0.25, 0.3) is 0 Å². The summed E-state index contributed by atoms with van der Waals surface area (Å²) in [6, 6.07) is 6.08. The maximum absolute atomic E-state index is 9.88. The van der Waals surface area contributed by atoms with Gasteiger partial charge in [-0.3, -0.25) is 4.79 Å². The molecule has 12 nitrogen and oxygen atoms in total. The predicted molar refractivity (Wildman–Crippen MR) is 90.0 cm³/mol. The Morgan fingerprint density at radius 1 is 1.00 bits per heavy atom. The van der Waals surface area contributed by atoms with Crippen LogP contribution in [0.1, 0.15) is 18.4 Å². The largest absolute Gasteiger partial charge is 1.00 e. The SMILES string of the molecule is Cc1ccccc1O.N[C@@H](CCC(=O)O)C(=O)[O-].O=C(O)C(O)C(O)C(=O)O.[Na+]. The van der Waals surface area contributed by atoms with Crippen molar-refractivity contribution in [2.45, 2.75) is 38.0 Å². The van der Waals surface area contributed by atoms with Crippen molar-refractivity contribution in [3.05, 3.63) is 29.8 Å². The Labute approximate surface area is 187 Å². The number of aliphatic hydroxyl groups excluding tert-OH is 2. The maximum Gasteiger partial charge on any atom is 1.00 e. The first-order valence-corrected chi connectivity index (χ1v) is 7.55. The molecule has 0 aliphatic heterocycles. The van der Waals surface area contributed by atoms with Crippen molar-refractivity contribution in [1.29, 1.82) is 0 Å². The summed E-state index contributed by atoms with van der Waals surface area (Å²) in [5, 5.41) is 59.4. The molecule has 1 rings (SSSR count). The number of hydrogen-bond donors (Lipinski definition) is 7. The number of benzene rings is 1. The van der Waals surface area contributed by atoms with Crippen molar-refractivity contribution in [3.63, 3.8) is 0 Å². The van der Waals surface area contributed by atoms with Gasteiger partial charge in [-0.1, -0.05) is 18.2 Å². The number of aliphatic carboxylic acids is 4. The van der Waals surface area contributed by atoms with E-state index in [4.69, 9.17) is 36.4 Å². The van der Waals surface area contributed by atoms with E-state index in [-0.39, 0.29) is 42.4 Å². The van der Waals surface area contributed by atoms with E-state index in [1.807, 2.05) is 25.1 Å². The Bertz CT molecular complexity index is 629. The zero-order valence-electron chi connectivity index (χ0n) is 15.8. The van der Waals surface area contributed by atoms with E-state index < -0.39 is 42.1 Å². The van der Waals surface area contributed by atoms with Crippen molar-refractivity contribution in [2.75, 3.05) is 0 Å². The van der Waals surface area contributed by atoms with Crippen LogP contribution in [-0.4, -0.2) is 72.8 Å². The molecule has 0 saturated carbocycles. The van der Waals surface area contributed by atoms with Gasteiger partial charge in [0.2, 0.25) is 0 Å². The first-order valence-electron chi connectivity index (χ1n) is 7.55. The molecule has 158 valence electrons. The van der Waals surface area contributed by atoms with Crippen LogP contribution in [0.5, 0.6) is 5.75 Å². The molecule has 8 N–H and O–H groups in total. The molecule has 29 heavy (non-hydrogen) atoms. The van der Waals surface area contributed by atoms with Gasteiger partial charge < -0.3 is 46.3 Å². The number of aliphatic hydroxyl groups is 2. The van der Waals surface area contributed by atoms with Crippen molar-refractivity contribution >= 4 is 23.9 Å². The summed E-state index contributed by atoms with van der Waals surface area (Å²) in [6.07, 6.45) is -4.86. The third-order valence-corrected chi connectivity index (χ3v) is 2.89. The first kappa shape index (κ1) is 31.5. The molecule has 0 aromatic heterocycles. The van der Waals surface area contributed by atoms with E-state index >= 15 is 0 Å². The zero-order valence-corrected chi connectivity index (χ0v) is 17.8. The number of aryl methyl sites for hydroxylation is 1. The van der Waals surface area contributed by atoms with Gasteiger partial charge in [0.1, 0.15) is 5.75 Å². The molecule has 0 amide bonds. The smallest absolute Gasteiger partial charge is 0.548 e. The van der Waals surface area contributed by atoms with Crippen molar-refractivity contribution in [3.8, 4) is 5.75 Å². The fraction of sp³-hybridized carbons (Fsp3) is 0.375. The molecule has 0 aliphatic rings. The number of carboxylic acids is 4. The van der Waals surface area contributed by atoms with E-state index in [2.05, 4.69) is 0 Å². The minimum atomic E-state index is -2.27. The summed E-state index contributed by atoms with van der Waals surface area (Å²) in [5.41, 5.74) is 5.86. The minimum Gasteiger partial charge on any atom is -0.548 e. The Morgan fingerprint density at radius 2 is 1.41 bits per heavy atom. The second-order valence-corrected chi connectivity index (χ2v) is 5.21. The fourth-order valence-corrected chi connectivity index (χ4v) is 1.23. The van der Waals surface area contributed by atoms with Crippen LogP contribution in [0.3, 0.4) is 0 Å². The maximum atomic E-state index is 9.88. The summed E-state index contributed by atoms with van der Waals surface area (Å²) in [4.78, 5) is 39.3. The molecule has 0 saturated heterocycles. The quantitative estimate of drug-likeness (QED) is 0.202. The van der Waals surface area contributed by atoms with Crippen LogP contribution in [0.4, 0.5) is 0 Å². The number of carbonyl (C=O) groups is 4. The van der Waals surface area contributed by atoms with Crippen LogP contribution in [0.2, 0.25) is 0 Å². The number of para-hydroxylation sites is 1. The zero-order chi connectivity index (χ0) is 22.4. The van der Waals surface area contributed by atoms with E-state index in [1.54, 1.807) is 6.07 Å². The normalized spacial score (nSPS) is 12.3. The van der Waals surface area contributed by atoms with Crippen molar-refractivity contribution < 1.29 is 84.5 Å². The topological polar surface area (TPSA) is 239 Å². The molecule has 0 heterocycles. The second kappa shape index (κ2) is 16.7. The molecular weight excluding hydrogens is 405 g/mol. The molecule has 1 aromatic rings. The van der Waals surface area contributed by atoms with Crippen molar-refractivity contribution in [2.24, 2.45) is 5.73 Å². The van der Waals surface area contributed by atoms with Crippen LogP contribution < -0.4 is 40.4 Å². The van der Waals surface area contributed by atoms with Gasteiger partial charge in [-0.25, -0.2) is 9.59 Å². The number of carbonyl (C=O) groups excluding carboxylic acids is 1. The summed E-state index contributed by atoms with van der Waals surface area (Å²) in [7, 11) is 0. The molecule has 13 heteroatoms. The average molecular weight is 427 g/mol. The van der Waals surface area contributed by atoms with Gasteiger partial charge in [-0.2, -0.15) is 0 Å². The van der Waals surface area contributed by atoms with Gasteiger partial charge >= 0.3 is 47.5 Å². The Hall–Kier alpha value is -2.22. The molecule has 0 fully saturated rings. The van der Waals surface area contributed by atoms with Crippen LogP contribution in [0, 0.1) is 6.92 Å². The van der Waals surface area contributed by atoms with Gasteiger partial charge in [0.15, 0.2) is 12.2 Å². The van der Waals surface area contributed by atoms with Gasteiger partial charge in [-0.05, 0) is 25.0 Å². The number of phenolic OH excluding ortho intramolecular Hbond substituents is 1. The minimum absolute atomic E-state index is 0. The van der Waals surface area contributed by atoms with Gasteiger partial charge in [0, 0.05) is 12.5 Å². The summed E-state index contributed by atoms with van der Waals surface area (Å²) >= 11 is 0. The fourth-order valence-electron chi connectivity index (χ4n) is 1.23. The summed E-state index contributed by atoms with van der Waals surface area (Å²) < 4.78 is 0. The number of carboxylic acid groups (broad SMARTS) is 4. The monoisotopic (exact) mass is 427 g/mol. The van der Waals surface area contributed by atoms with E-state index in [1.165, 1.54) is 0 Å². The van der Waals surface area contributed by atoms with Crippen LogP contribution in [0.15, 0.2) is 24.3 Å². The number of hydrogen-bond acceptors (Lipinski definition) is 9. The molecule has 0 bridgehead atoms. The third kappa shape index (κ3) is 16.4. The van der Waals surface area contributed by atoms with E-state index in [0.29, 0.717) is 5.75 Å². The molecule has 2 unspecified atom stereocenters. The second-order valence-electron chi connectivity index (χ2n) is 5.21. The van der Waals surface area contributed by atoms with E-state index in [0.717, 1.165) is 5.56 Å². The molecule has 0 radical (unpaired) electrons. The third-order valence-electron chi connectivity index (χ3n) is 2.89. The number of nitrogens with two attached hydrogens (primary N) is 1. The standard InChI is InChI=1S/C7H8O.C5H9NO4.C4H6O6.Na/c1-6-4-2-3-5-7(6)8;6-3(5(9)10)1-2-4(7)8;5-1(3(7)8)2(6)4(9)10;/h2-5,8H,1H3;3H,1-2,6H2,(H,7,8)(H,9,10);1-2,5-6H,(H,7,8)(H,9,10);/q;;;+1/p-1/t;3-;;/m.0../s1. The van der Waals surface area contributed by atoms with E-state index in [9.17, 15) is 24.3 Å². The Balaban J connectivity index is -0.000000345. The van der Waals surface area contributed by atoms with Crippen molar-refractivity contribution in [1.82, 2.24) is 0 Å². The van der Waals surface area contributed by atoms with Crippen LogP contribution in [0.25, 0.3) is 0 Å². The Morgan fingerprint density at radius 3 is 1.66 bits per heavy atom. The molecular formula is C16H22NNaO11. The summed E-state index contributed by atoms with van der Waals surface area (Å²) in [6.45, 7) is 1.87. The first-order chi connectivity index (χ1) is 12.8. The Kier molecular flexibility index (Phi) is 18.1. The predicted octanol–water partition coefficient (Wildman–Crippen LogP) is -5.49. The van der Waals surface area contributed by atoms with Crippen LogP contribution >= 0.6 is 0 Å². The number of aromatic hydroxyl groups is 1. The van der Waals surface area contributed by atoms with Gasteiger partial charge in [-0.15, -0.1) is 0 Å². The van der Waals surface area contributed by atoms with Gasteiger partial charge in [0.05, 0.1) is 5.97 Å². The average Bonchev–Trinajstić information content (AvgIpc) is 2.61. The molecule has 1 aromatic carbocycles. The number of phenols is 1.